The molecule has 1 aliphatic rings. The van der Waals surface area contributed by atoms with Gasteiger partial charge in [0.15, 0.2) is 5.16 Å². The van der Waals surface area contributed by atoms with Gasteiger partial charge in [0.25, 0.3) is 5.69 Å². The Morgan fingerprint density at radius 1 is 1.17 bits per heavy atom. The van der Waals surface area contributed by atoms with Crippen LogP contribution in [0.25, 0.3) is 16.9 Å². The fourth-order valence-electron chi connectivity index (χ4n) is 3.47. The average Bonchev–Trinajstić information content (AvgIpc) is 3.42. The van der Waals surface area contributed by atoms with Gasteiger partial charge in [0.05, 0.1) is 22.6 Å². The lowest BCUT2D eigenvalue weighted by Gasteiger charge is -2.16. The molecule has 0 saturated carbocycles. The number of hydrogen-bond donors (Lipinski definition) is 0. The minimum Gasteiger partial charge on any atom is -0.342 e. The van der Waals surface area contributed by atoms with Gasteiger partial charge in [-0.3, -0.25) is 19.5 Å². The summed E-state index contributed by atoms with van der Waals surface area (Å²) >= 11 is 7.55. The Labute approximate surface area is 182 Å². The van der Waals surface area contributed by atoms with Gasteiger partial charge in [-0.05, 0) is 31.0 Å². The zero-order valence-electron chi connectivity index (χ0n) is 16.0. The van der Waals surface area contributed by atoms with Gasteiger partial charge in [-0.15, -0.1) is 0 Å². The Kier molecular flexibility index (Phi) is 6.06. The zero-order chi connectivity index (χ0) is 21.1. The largest absolute Gasteiger partial charge is 0.342 e. The smallest absolute Gasteiger partial charge is 0.270 e. The summed E-state index contributed by atoms with van der Waals surface area (Å²) in [6.45, 7) is 1.61. The van der Waals surface area contributed by atoms with Crippen LogP contribution in [0.3, 0.4) is 0 Å². The molecule has 1 aromatic heterocycles. The Balaban J connectivity index is 1.71. The molecular formula is C21H19ClN4O3S. The van der Waals surface area contributed by atoms with E-state index in [0.29, 0.717) is 21.4 Å². The summed E-state index contributed by atoms with van der Waals surface area (Å²) in [5.74, 6) is 0.376. The number of benzene rings is 2. The van der Waals surface area contributed by atoms with Crippen molar-refractivity contribution >= 4 is 35.0 Å². The van der Waals surface area contributed by atoms with Crippen molar-refractivity contribution in [1.29, 1.82) is 0 Å². The molecule has 7 nitrogen and oxygen atoms in total. The maximum atomic E-state index is 12.5. The first-order valence-electron chi connectivity index (χ1n) is 9.52. The number of imidazole rings is 1. The second kappa shape index (κ2) is 8.89. The number of nitrogens with zero attached hydrogens (tertiary/aromatic N) is 4. The predicted molar refractivity (Wildman–Crippen MR) is 117 cm³/mol. The van der Waals surface area contributed by atoms with Crippen LogP contribution in [0.15, 0.2) is 59.9 Å². The van der Waals surface area contributed by atoms with Crippen LogP contribution in [0.2, 0.25) is 5.02 Å². The van der Waals surface area contributed by atoms with Gasteiger partial charge in [0.1, 0.15) is 0 Å². The fourth-order valence-corrected chi connectivity index (χ4v) is 4.55. The molecule has 0 radical (unpaired) electrons. The quantitative estimate of drug-likeness (QED) is 0.310. The number of hydrogen-bond acceptors (Lipinski definition) is 5. The molecule has 4 rings (SSSR count). The SMILES string of the molecule is O=C(CSc1ncc(-c2cccc([N+](=O)[O-])c2)n1-c1cccc(Cl)c1)N1CCCC1. The van der Waals surface area contributed by atoms with Crippen molar-refractivity contribution in [3.8, 4) is 16.9 Å². The van der Waals surface area contributed by atoms with Crippen molar-refractivity contribution in [1.82, 2.24) is 14.5 Å². The van der Waals surface area contributed by atoms with Gasteiger partial charge in [0.2, 0.25) is 5.91 Å². The van der Waals surface area contributed by atoms with E-state index in [1.165, 1.54) is 23.9 Å². The molecule has 0 N–H and O–H groups in total. The summed E-state index contributed by atoms with van der Waals surface area (Å²) in [6.07, 6.45) is 3.76. The van der Waals surface area contributed by atoms with E-state index >= 15 is 0 Å². The van der Waals surface area contributed by atoms with E-state index in [0.717, 1.165) is 31.6 Å². The summed E-state index contributed by atoms with van der Waals surface area (Å²) in [5.41, 5.74) is 2.13. The fraction of sp³-hybridized carbons (Fsp3) is 0.238. The number of thioether (sulfide) groups is 1. The van der Waals surface area contributed by atoms with E-state index in [1.54, 1.807) is 30.5 Å². The second-order valence-electron chi connectivity index (χ2n) is 6.93. The lowest BCUT2D eigenvalue weighted by Crippen LogP contribution is -2.29. The monoisotopic (exact) mass is 442 g/mol. The summed E-state index contributed by atoms with van der Waals surface area (Å²) < 4.78 is 1.88. The molecule has 30 heavy (non-hydrogen) atoms. The molecule has 0 spiro atoms. The van der Waals surface area contributed by atoms with E-state index < -0.39 is 4.92 Å². The van der Waals surface area contributed by atoms with Gasteiger partial charge in [-0.25, -0.2) is 4.98 Å². The van der Waals surface area contributed by atoms with Crippen LogP contribution < -0.4 is 0 Å². The van der Waals surface area contributed by atoms with Crippen molar-refractivity contribution in [2.24, 2.45) is 0 Å². The minimum absolute atomic E-state index is 0.00441. The van der Waals surface area contributed by atoms with Crippen LogP contribution in [0.5, 0.6) is 0 Å². The number of aromatic nitrogens is 2. The highest BCUT2D eigenvalue weighted by atomic mass is 35.5. The highest BCUT2D eigenvalue weighted by molar-refractivity contribution is 7.99. The van der Waals surface area contributed by atoms with Crippen molar-refractivity contribution in [3.05, 3.63) is 69.9 Å². The first-order chi connectivity index (χ1) is 14.5. The van der Waals surface area contributed by atoms with Gasteiger partial charge in [-0.2, -0.15) is 0 Å². The van der Waals surface area contributed by atoms with Crippen LogP contribution in [0.1, 0.15) is 12.8 Å². The summed E-state index contributed by atoms with van der Waals surface area (Å²) in [4.78, 5) is 29.7. The number of halogens is 1. The molecule has 0 bridgehead atoms. The third kappa shape index (κ3) is 4.34. The van der Waals surface area contributed by atoms with Gasteiger partial charge in [-0.1, -0.05) is 41.6 Å². The summed E-state index contributed by atoms with van der Waals surface area (Å²) in [7, 11) is 0. The van der Waals surface area contributed by atoms with Crippen LogP contribution in [-0.4, -0.2) is 44.1 Å². The third-order valence-corrected chi connectivity index (χ3v) is 6.10. The standard InChI is InChI=1S/C21H19ClN4O3S/c22-16-6-4-7-17(12-16)25-19(15-5-3-8-18(11-15)26(28)29)13-23-21(25)30-14-20(27)24-9-1-2-10-24/h3-8,11-13H,1-2,9-10,14H2. The van der Waals surface area contributed by atoms with Crippen molar-refractivity contribution in [2.45, 2.75) is 18.0 Å². The van der Waals surface area contributed by atoms with Crippen molar-refractivity contribution in [2.75, 3.05) is 18.8 Å². The van der Waals surface area contributed by atoms with Gasteiger partial charge in [0, 0.05) is 41.5 Å². The zero-order valence-corrected chi connectivity index (χ0v) is 17.6. The van der Waals surface area contributed by atoms with Crippen LogP contribution in [0.4, 0.5) is 5.69 Å². The molecule has 0 unspecified atom stereocenters. The summed E-state index contributed by atoms with van der Waals surface area (Å²) in [6, 6.07) is 13.7. The van der Waals surface area contributed by atoms with E-state index in [-0.39, 0.29) is 17.3 Å². The van der Waals surface area contributed by atoms with Crippen molar-refractivity contribution < 1.29 is 9.72 Å². The van der Waals surface area contributed by atoms with E-state index in [4.69, 9.17) is 11.6 Å². The van der Waals surface area contributed by atoms with Crippen LogP contribution in [0, 0.1) is 10.1 Å². The molecule has 0 aliphatic carbocycles. The molecule has 9 heteroatoms. The number of non-ortho nitro benzene ring substituents is 1. The maximum Gasteiger partial charge on any atom is 0.270 e. The van der Waals surface area contributed by atoms with E-state index in [1.807, 2.05) is 21.6 Å². The number of nitro groups is 1. The molecular weight excluding hydrogens is 424 g/mol. The topological polar surface area (TPSA) is 81.3 Å². The molecule has 1 saturated heterocycles. The van der Waals surface area contributed by atoms with Crippen molar-refractivity contribution in [3.63, 3.8) is 0 Å². The Hall–Kier alpha value is -2.84. The average molecular weight is 443 g/mol. The van der Waals surface area contributed by atoms with E-state index in [2.05, 4.69) is 4.98 Å². The molecule has 2 aromatic carbocycles. The number of amides is 1. The summed E-state index contributed by atoms with van der Waals surface area (Å²) in [5, 5.41) is 12.4. The number of rotatable bonds is 6. The lowest BCUT2D eigenvalue weighted by molar-refractivity contribution is -0.384. The first kappa shape index (κ1) is 20.4. The highest BCUT2D eigenvalue weighted by Gasteiger charge is 2.21. The normalized spacial score (nSPS) is 13.6. The predicted octanol–water partition coefficient (Wildman–Crippen LogP) is 4.82. The molecule has 3 aromatic rings. The molecule has 1 fully saturated rings. The number of likely N-dealkylation sites (tertiary alicyclic amines) is 1. The maximum absolute atomic E-state index is 12.5. The minimum atomic E-state index is -0.423. The van der Waals surface area contributed by atoms with E-state index in [9.17, 15) is 14.9 Å². The first-order valence-corrected chi connectivity index (χ1v) is 10.9. The Morgan fingerprint density at radius 2 is 1.93 bits per heavy atom. The number of carbonyl (C=O) groups excluding carboxylic acids is 1. The number of carbonyl (C=O) groups is 1. The van der Waals surface area contributed by atoms with Gasteiger partial charge < -0.3 is 4.90 Å². The number of nitro benzene ring substituents is 1. The van der Waals surface area contributed by atoms with Crippen LogP contribution in [-0.2, 0) is 4.79 Å². The lowest BCUT2D eigenvalue weighted by atomic mass is 10.1. The third-order valence-electron chi connectivity index (χ3n) is 4.93. The molecule has 2 heterocycles. The van der Waals surface area contributed by atoms with Gasteiger partial charge >= 0.3 is 0 Å². The Bertz CT molecular complexity index is 1100. The Morgan fingerprint density at radius 3 is 2.67 bits per heavy atom. The molecule has 1 amide bonds. The second-order valence-corrected chi connectivity index (χ2v) is 8.30. The molecule has 0 atom stereocenters. The van der Waals surface area contributed by atoms with Crippen LogP contribution >= 0.6 is 23.4 Å². The molecule has 154 valence electrons. The molecule has 1 aliphatic heterocycles. The highest BCUT2D eigenvalue weighted by Crippen LogP contribution is 2.32.